The van der Waals surface area contributed by atoms with Gasteiger partial charge in [0.05, 0.1) is 51.8 Å². The third-order valence-corrected chi connectivity index (χ3v) is 9.20. The highest BCUT2D eigenvalue weighted by Crippen LogP contribution is 2.42. The zero-order valence-corrected chi connectivity index (χ0v) is 27.1. The highest BCUT2D eigenvalue weighted by molar-refractivity contribution is 6.44. The first-order chi connectivity index (χ1) is 21.4. The van der Waals surface area contributed by atoms with Crippen LogP contribution in [0.25, 0.3) is 22.2 Å². The maximum absolute atomic E-state index is 13.7. The van der Waals surface area contributed by atoms with E-state index in [0.29, 0.717) is 44.6 Å². The molecule has 1 saturated carbocycles. The minimum absolute atomic E-state index is 0.139. The van der Waals surface area contributed by atoms with Crippen LogP contribution in [0.5, 0.6) is 5.75 Å². The summed E-state index contributed by atoms with van der Waals surface area (Å²) in [5.74, 6) is 0.0473. The van der Waals surface area contributed by atoms with Gasteiger partial charge in [0.15, 0.2) is 0 Å². The van der Waals surface area contributed by atoms with E-state index >= 15 is 0 Å². The lowest BCUT2D eigenvalue weighted by molar-refractivity contribution is 0.0639. The molecule has 1 amide bonds. The smallest absolute Gasteiger partial charge is 0.251 e. The molecule has 1 fully saturated rings. The standard InChI is InChI=1S/C34H31Cl3N4O4/c1-33(2,43)24-16-27(39-31(29(24)37)23-10-7-11-25(35)28(23)36)34(44,21-8-5-4-6-9-21)18-38-32(42)19-14-20-17-41(22-12-13-22)40-30(20)26(15-19)45-3/h4-11,14-17,22,43-44H,12-13,18H2,1-3H3,(H,38,42)/t34-/m1/s1. The first-order valence-electron chi connectivity index (χ1n) is 14.4. The Morgan fingerprint density at radius 1 is 1.02 bits per heavy atom. The number of nitrogens with one attached hydrogen (secondary N) is 1. The van der Waals surface area contributed by atoms with Crippen LogP contribution in [0, 0.1) is 0 Å². The van der Waals surface area contributed by atoms with E-state index in [1.807, 2.05) is 16.9 Å². The number of halogens is 3. The number of fused-ring (bicyclic) bond motifs is 1. The number of ether oxygens (including phenoxy) is 1. The minimum Gasteiger partial charge on any atom is -0.494 e. The van der Waals surface area contributed by atoms with Gasteiger partial charge in [-0.25, -0.2) is 4.98 Å². The van der Waals surface area contributed by atoms with Crippen LogP contribution < -0.4 is 10.1 Å². The lowest BCUT2D eigenvalue weighted by Gasteiger charge is -2.31. The van der Waals surface area contributed by atoms with Crippen LogP contribution in [-0.2, 0) is 11.2 Å². The van der Waals surface area contributed by atoms with Crippen molar-refractivity contribution >= 4 is 51.6 Å². The van der Waals surface area contributed by atoms with E-state index in [0.717, 1.165) is 18.2 Å². The van der Waals surface area contributed by atoms with Crippen molar-refractivity contribution in [1.29, 1.82) is 0 Å². The second-order valence-corrected chi connectivity index (χ2v) is 12.9. The maximum atomic E-state index is 13.7. The van der Waals surface area contributed by atoms with Crippen molar-refractivity contribution in [3.05, 3.63) is 110 Å². The quantitative estimate of drug-likeness (QED) is 0.153. The summed E-state index contributed by atoms with van der Waals surface area (Å²) in [6, 6.07) is 19.2. The van der Waals surface area contributed by atoms with Crippen LogP contribution in [0.3, 0.4) is 0 Å². The monoisotopic (exact) mass is 664 g/mol. The van der Waals surface area contributed by atoms with Crippen molar-refractivity contribution in [2.75, 3.05) is 13.7 Å². The molecule has 3 aromatic carbocycles. The number of hydrogen-bond acceptors (Lipinski definition) is 6. The van der Waals surface area contributed by atoms with Gasteiger partial charge < -0.3 is 20.3 Å². The van der Waals surface area contributed by atoms with Crippen LogP contribution in [0.1, 0.15) is 59.9 Å². The fraction of sp³-hybridized carbons (Fsp3) is 0.265. The lowest BCUT2D eigenvalue weighted by Crippen LogP contribution is -2.42. The number of pyridine rings is 1. The van der Waals surface area contributed by atoms with Crippen molar-refractivity contribution in [2.24, 2.45) is 0 Å². The molecule has 2 aromatic heterocycles. The molecule has 1 aliphatic rings. The average molecular weight is 666 g/mol. The maximum Gasteiger partial charge on any atom is 0.251 e. The van der Waals surface area contributed by atoms with Crippen LogP contribution in [0.2, 0.25) is 15.1 Å². The number of amides is 1. The number of nitrogens with zero attached hydrogens (tertiary/aromatic N) is 3. The van der Waals surface area contributed by atoms with E-state index in [1.54, 1.807) is 74.5 Å². The van der Waals surface area contributed by atoms with Gasteiger partial charge in [-0.2, -0.15) is 5.10 Å². The molecule has 0 bridgehead atoms. The molecule has 11 heteroatoms. The van der Waals surface area contributed by atoms with Gasteiger partial charge in [0, 0.05) is 28.3 Å². The number of carbonyl (C=O) groups is 1. The predicted octanol–water partition coefficient (Wildman–Crippen LogP) is 7.30. The molecule has 1 atom stereocenters. The van der Waals surface area contributed by atoms with Crippen LogP contribution in [0.15, 0.2) is 72.9 Å². The Morgan fingerprint density at radius 3 is 2.42 bits per heavy atom. The largest absolute Gasteiger partial charge is 0.494 e. The first kappa shape index (κ1) is 31.3. The summed E-state index contributed by atoms with van der Waals surface area (Å²) in [5, 5.41) is 32.6. The molecule has 0 spiro atoms. The molecule has 3 N–H and O–H groups in total. The summed E-state index contributed by atoms with van der Waals surface area (Å²) in [5.41, 5.74) is -0.696. The molecule has 45 heavy (non-hydrogen) atoms. The van der Waals surface area contributed by atoms with E-state index < -0.39 is 17.1 Å². The summed E-state index contributed by atoms with van der Waals surface area (Å²) >= 11 is 19.7. The topological polar surface area (TPSA) is 110 Å². The zero-order valence-electron chi connectivity index (χ0n) is 24.8. The molecule has 0 unspecified atom stereocenters. The third kappa shape index (κ3) is 6.01. The molecule has 6 rings (SSSR count). The van der Waals surface area contributed by atoms with Gasteiger partial charge in [0.1, 0.15) is 16.9 Å². The SMILES string of the molecule is COc1cc(C(=O)NC[C@@](O)(c2ccccc2)c2cc(C(C)(C)O)c(Cl)c(-c3cccc(Cl)c3Cl)n2)cc2cn(C3CC3)nc12. The summed E-state index contributed by atoms with van der Waals surface area (Å²) in [7, 11) is 1.54. The van der Waals surface area contributed by atoms with Gasteiger partial charge in [0.2, 0.25) is 0 Å². The molecule has 232 valence electrons. The molecule has 8 nitrogen and oxygen atoms in total. The van der Waals surface area contributed by atoms with Crippen LogP contribution in [-0.4, -0.2) is 44.5 Å². The Labute approximate surface area is 275 Å². The number of carbonyl (C=O) groups excluding carboxylic acids is 1. The second kappa shape index (κ2) is 11.9. The summed E-state index contributed by atoms with van der Waals surface area (Å²) in [6.07, 6.45) is 4.06. The average Bonchev–Trinajstić information content (AvgIpc) is 3.79. The van der Waals surface area contributed by atoms with Crippen LogP contribution in [0.4, 0.5) is 0 Å². The summed E-state index contributed by atoms with van der Waals surface area (Å²) < 4.78 is 7.49. The molecule has 0 saturated heterocycles. The molecular formula is C34H31Cl3N4O4. The number of aromatic nitrogens is 3. The van der Waals surface area contributed by atoms with Crippen molar-refractivity contribution in [1.82, 2.24) is 20.1 Å². The number of methoxy groups -OCH3 is 1. The van der Waals surface area contributed by atoms with Gasteiger partial charge in [-0.15, -0.1) is 0 Å². The van der Waals surface area contributed by atoms with E-state index in [1.165, 1.54) is 7.11 Å². The van der Waals surface area contributed by atoms with E-state index in [4.69, 9.17) is 44.5 Å². The molecule has 2 heterocycles. The summed E-state index contributed by atoms with van der Waals surface area (Å²) in [6.45, 7) is 2.90. The van der Waals surface area contributed by atoms with Crippen molar-refractivity contribution in [2.45, 2.75) is 43.9 Å². The van der Waals surface area contributed by atoms with E-state index in [2.05, 4.69) is 10.4 Å². The van der Waals surface area contributed by atoms with Gasteiger partial charge in [-0.05, 0) is 56.5 Å². The molecule has 5 aromatic rings. The van der Waals surface area contributed by atoms with Crippen molar-refractivity contribution in [3.8, 4) is 17.0 Å². The fourth-order valence-electron chi connectivity index (χ4n) is 5.35. The van der Waals surface area contributed by atoms with E-state index in [9.17, 15) is 15.0 Å². The van der Waals surface area contributed by atoms with E-state index in [-0.39, 0.29) is 28.0 Å². The Kier molecular flexibility index (Phi) is 8.31. The zero-order chi connectivity index (χ0) is 32.1. The predicted molar refractivity (Wildman–Crippen MR) is 176 cm³/mol. The first-order valence-corrected chi connectivity index (χ1v) is 15.6. The molecule has 0 aliphatic heterocycles. The number of aliphatic hydroxyl groups is 2. The second-order valence-electron chi connectivity index (χ2n) is 11.7. The van der Waals surface area contributed by atoms with Crippen molar-refractivity contribution in [3.63, 3.8) is 0 Å². The van der Waals surface area contributed by atoms with Gasteiger partial charge >= 0.3 is 0 Å². The highest BCUT2D eigenvalue weighted by atomic mass is 35.5. The number of benzene rings is 3. The normalized spacial score (nSPS) is 14.8. The van der Waals surface area contributed by atoms with Crippen molar-refractivity contribution < 1.29 is 19.7 Å². The summed E-state index contributed by atoms with van der Waals surface area (Å²) in [4.78, 5) is 18.4. The van der Waals surface area contributed by atoms with Crippen LogP contribution >= 0.6 is 34.8 Å². The fourth-order valence-corrected chi connectivity index (χ4v) is 6.17. The Bertz CT molecular complexity index is 1920. The Morgan fingerprint density at radius 2 is 1.76 bits per heavy atom. The molecule has 1 aliphatic carbocycles. The lowest BCUT2D eigenvalue weighted by atomic mass is 9.86. The Balaban J connectivity index is 1.43. The Hall–Kier alpha value is -3.66. The highest BCUT2D eigenvalue weighted by Gasteiger charge is 2.37. The molecular weight excluding hydrogens is 635 g/mol. The third-order valence-electron chi connectivity index (χ3n) is 8.00. The minimum atomic E-state index is -1.85. The van der Waals surface area contributed by atoms with Gasteiger partial charge in [-0.3, -0.25) is 9.48 Å². The number of rotatable bonds is 9. The molecule has 0 radical (unpaired) electrons. The van der Waals surface area contributed by atoms with Gasteiger partial charge in [-0.1, -0.05) is 77.3 Å². The number of hydrogen-bond donors (Lipinski definition) is 3. The van der Waals surface area contributed by atoms with Gasteiger partial charge in [0.25, 0.3) is 5.91 Å².